The zero-order valence-electron chi connectivity index (χ0n) is 15.3. The Hall–Kier alpha value is -2.93. The molecule has 0 fully saturated rings. The van der Waals surface area contributed by atoms with Crippen molar-refractivity contribution in [3.63, 3.8) is 0 Å². The molecule has 2 aromatic carbocycles. The summed E-state index contributed by atoms with van der Waals surface area (Å²) >= 11 is 6.01. The van der Waals surface area contributed by atoms with Crippen LogP contribution in [0.5, 0.6) is 17.2 Å². The number of hydrogen-bond acceptors (Lipinski definition) is 5. The fourth-order valence-corrected chi connectivity index (χ4v) is 2.51. The summed E-state index contributed by atoms with van der Waals surface area (Å²) in [5.74, 6) is -0.136. The first kappa shape index (κ1) is 20.4. The van der Waals surface area contributed by atoms with Gasteiger partial charge in [0, 0.05) is 17.4 Å². The van der Waals surface area contributed by atoms with Gasteiger partial charge in [-0.05, 0) is 44.2 Å². The molecule has 144 valence electrons. The first-order valence-corrected chi connectivity index (χ1v) is 8.71. The first-order chi connectivity index (χ1) is 13.0. The molecule has 0 unspecified atom stereocenters. The van der Waals surface area contributed by atoms with Gasteiger partial charge < -0.3 is 24.8 Å². The van der Waals surface area contributed by atoms with Crippen LogP contribution in [0.1, 0.15) is 13.8 Å². The SMILES string of the molecule is CCOc1ccc(NC(=O)C(=O)Nc2ccc(OC)c(Cl)c2)cc1OCC. The summed E-state index contributed by atoms with van der Waals surface area (Å²) in [5.41, 5.74) is 0.789. The number of anilines is 2. The van der Waals surface area contributed by atoms with Gasteiger partial charge in [0.15, 0.2) is 11.5 Å². The van der Waals surface area contributed by atoms with E-state index in [4.69, 9.17) is 25.8 Å². The molecule has 0 heterocycles. The molecular formula is C19H21ClN2O5. The standard InChI is InChI=1S/C19H21ClN2O5/c1-4-26-16-9-7-13(11-17(16)27-5-2)22-19(24)18(23)21-12-6-8-15(25-3)14(20)10-12/h6-11H,4-5H2,1-3H3,(H,21,23)(H,22,24). The number of methoxy groups -OCH3 is 1. The van der Waals surface area contributed by atoms with E-state index in [2.05, 4.69) is 10.6 Å². The van der Waals surface area contributed by atoms with Crippen LogP contribution in [0.4, 0.5) is 11.4 Å². The molecule has 0 radical (unpaired) electrons. The third-order valence-corrected chi connectivity index (χ3v) is 3.71. The van der Waals surface area contributed by atoms with Crippen LogP contribution in [0.3, 0.4) is 0 Å². The van der Waals surface area contributed by atoms with E-state index in [1.165, 1.54) is 13.2 Å². The van der Waals surface area contributed by atoms with E-state index in [-0.39, 0.29) is 0 Å². The van der Waals surface area contributed by atoms with E-state index in [0.29, 0.717) is 46.9 Å². The van der Waals surface area contributed by atoms with E-state index in [0.717, 1.165) is 0 Å². The summed E-state index contributed by atoms with van der Waals surface area (Å²) < 4.78 is 16.0. The minimum atomic E-state index is -0.830. The number of nitrogens with one attached hydrogen (secondary N) is 2. The highest BCUT2D eigenvalue weighted by Gasteiger charge is 2.16. The van der Waals surface area contributed by atoms with E-state index in [1.807, 2.05) is 13.8 Å². The maximum absolute atomic E-state index is 12.2. The molecule has 2 amide bonds. The van der Waals surface area contributed by atoms with Gasteiger partial charge in [-0.25, -0.2) is 0 Å². The molecule has 0 bridgehead atoms. The van der Waals surface area contributed by atoms with Gasteiger partial charge in [-0.3, -0.25) is 9.59 Å². The molecule has 0 atom stereocenters. The Balaban J connectivity index is 2.06. The Morgan fingerprint density at radius 2 is 1.37 bits per heavy atom. The van der Waals surface area contributed by atoms with Crippen LogP contribution in [0.15, 0.2) is 36.4 Å². The van der Waals surface area contributed by atoms with Gasteiger partial charge in [-0.2, -0.15) is 0 Å². The topological polar surface area (TPSA) is 85.9 Å². The molecule has 8 heteroatoms. The van der Waals surface area contributed by atoms with Crippen molar-refractivity contribution in [3.05, 3.63) is 41.4 Å². The minimum absolute atomic E-state index is 0.323. The number of carbonyl (C=O) groups is 2. The number of carbonyl (C=O) groups excluding carboxylic acids is 2. The van der Waals surface area contributed by atoms with Gasteiger partial charge in [0.05, 0.1) is 25.3 Å². The van der Waals surface area contributed by atoms with E-state index in [1.54, 1.807) is 30.3 Å². The lowest BCUT2D eigenvalue weighted by Gasteiger charge is -2.13. The van der Waals surface area contributed by atoms with Crippen LogP contribution in [-0.2, 0) is 9.59 Å². The quantitative estimate of drug-likeness (QED) is 0.701. The Bertz CT molecular complexity index is 826. The van der Waals surface area contributed by atoms with Gasteiger partial charge in [-0.1, -0.05) is 11.6 Å². The highest BCUT2D eigenvalue weighted by Crippen LogP contribution is 2.31. The van der Waals surface area contributed by atoms with Crippen molar-refractivity contribution < 1.29 is 23.8 Å². The molecule has 27 heavy (non-hydrogen) atoms. The fraction of sp³-hybridized carbons (Fsp3) is 0.263. The molecular weight excluding hydrogens is 372 g/mol. The lowest BCUT2D eigenvalue weighted by molar-refractivity contribution is -0.132. The number of benzene rings is 2. The normalized spacial score (nSPS) is 10.1. The van der Waals surface area contributed by atoms with E-state index < -0.39 is 11.8 Å². The first-order valence-electron chi connectivity index (χ1n) is 8.34. The van der Waals surface area contributed by atoms with E-state index in [9.17, 15) is 9.59 Å². The smallest absolute Gasteiger partial charge is 0.314 e. The Kier molecular flexibility index (Phi) is 7.31. The van der Waals surface area contributed by atoms with Crippen LogP contribution in [0, 0.1) is 0 Å². The predicted molar refractivity (Wildman–Crippen MR) is 104 cm³/mol. The van der Waals surface area contributed by atoms with Crippen molar-refractivity contribution in [2.45, 2.75) is 13.8 Å². The largest absolute Gasteiger partial charge is 0.495 e. The molecule has 0 spiro atoms. The lowest BCUT2D eigenvalue weighted by atomic mass is 10.2. The van der Waals surface area contributed by atoms with Gasteiger partial charge >= 0.3 is 11.8 Å². The third-order valence-electron chi connectivity index (χ3n) is 3.42. The number of hydrogen-bond donors (Lipinski definition) is 2. The predicted octanol–water partition coefficient (Wildman–Crippen LogP) is 3.72. The number of rotatable bonds is 7. The summed E-state index contributed by atoms with van der Waals surface area (Å²) in [4.78, 5) is 24.3. The molecule has 7 nitrogen and oxygen atoms in total. The summed E-state index contributed by atoms with van der Waals surface area (Å²) in [6.45, 7) is 4.63. The number of halogens is 1. The van der Waals surface area contributed by atoms with Crippen LogP contribution >= 0.6 is 11.6 Å². The fourth-order valence-electron chi connectivity index (χ4n) is 2.25. The van der Waals surface area contributed by atoms with E-state index >= 15 is 0 Å². The maximum Gasteiger partial charge on any atom is 0.314 e. The van der Waals surface area contributed by atoms with Crippen molar-refractivity contribution in [1.29, 1.82) is 0 Å². The molecule has 0 saturated heterocycles. The molecule has 0 aliphatic carbocycles. The number of amides is 2. The Labute approximate surface area is 162 Å². The third kappa shape index (κ3) is 5.52. The average molecular weight is 393 g/mol. The second-order valence-corrected chi connectivity index (χ2v) is 5.69. The van der Waals surface area contributed by atoms with Crippen molar-refractivity contribution in [2.24, 2.45) is 0 Å². The van der Waals surface area contributed by atoms with Gasteiger partial charge in [0.25, 0.3) is 0 Å². The monoisotopic (exact) mass is 392 g/mol. The van der Waals surface area contributed by atoms with Crippen molar-refractivity contribution >= 4 is 34.8 Å². The molecule has 2 N–H and O–H groups in total. The van der Waals surface area contributed by atoms with Crippen LogP contribution in [0.25, 0.3) is 0 Å². The molecule has 0 aliphatic heterocycles. The molecule has 2 aromatic rings. The lowest BCUT2D eigenvalue weighted by Crippen LogP contribution is -2.29. The molecule has 2 rings (SSSR count). The Morgan fingerprint density at radius 3 is 1.89 bits per heavy atom. The maximum atomic E-state index is 12.2. The zero-order chi connectivity index (χ0) is 19.8. The van der Waals surface area contributed by atoms with Crippen molar-refractivity contribution in [3.8, 4) is 17.2 Å². The van der Waals surface area contributed by atoms with Crippen LogP contribution in [-0.4, -0.2) is 32.1 Å². The van der Waals surface area contributed by atoms with Crippen molar-refractivity contribution in [1.82, 2.24) is 0 Å². The highest BCUT2D eigenvalue weighted by molar-refractivity contribution is 6.43. The van der Waals surface area contributed by atoms with Gasteiger partial charge in [-0.15, -0.1) is 0 Å². The van der Waals surface area contributed by atoms with Crippen LogP contribution in [0.2, 0.25) is 5.02 Å². The van der Waals surface area contributed by atoms with Crippen molar-refractivity contribution in [2.75, 3.05) is 31.0 Å². The number of ether oxygens (including phenoxy) is 3. The summed E-state index contributed by atoms with van der Waals surface area (Å²) in [7, 11) is 1.49. The highest BCUT2D eigenvalue weighted by atomic mass is 35.5. The molecule has 0 aliphatic rings. The zero-order valence-corrected chi connectivity index (χ0v) is 16.1. The summed E-state index contributed by atoms with van der Waals surface area (Å²) in [5, 5.41) is 5.32. The summed E-state index contributed by atoms with van der Waals surface area (Å²) in [6.07, 6.45) is 0. The van der Waals surface area contributed by atoms with Gasteiger partial charge in [0.2, 0.25) is 0 Å². The minimum Gasteiger partial charge on any atom is -0.495 e. The average Bonchev–Trinajstić information content (AvgIpc) is 2.64. The second kappa shape index (κ2) is 9.68. The van der Waals surface area contributed by atoms with Crippen LogP contribution < -0.4 is 24.8 Å². The molecule has 0 saturated carbocycles. The Morgan fingerprint density at radius 1 is 0.852 bits per heavy atom. The van der Waals surface area contributed by atoms with Gasteiger partial charge in [0.1, 0.15) is 5.75 Å². The molecule has 0 aromatic heterocycles. The second-order valence-electron chi connectivity index (χ2n) is 5.29. The summed E-state index contributed by atoms with van der Waals surface area (Å²) in [6, 6.07) is 9.57.